The van der Waals surface area contributed by atoms with Gasteiger partial charge in [0.25, 0.3) is 0 Å². The van der Waals surface area contributed by atoms with Gasteiger partial charge in [0.15, 0.2) is 0 Å². The summed E-state index contributed by atoms with van der Waals surface area (Å²) in [5.74, 6) is -1.70. The molecule has 1 aliphatic rings. The van der Waals surface area contributed by atoms with E-state index in [4.69, 9.17) is 9.84 Å². The Bertz CT molecular complexity index is 960. The predicted molar refractivity (Wildman–Crippen MR) is 126 cm³/mol. The summed E-state index contributed by atoms with van der Waals surface area (Å²) in [7, 11) is 0. The maximum atomic E-state index is 12.3. The van der Waals surface area contributed by atoms with Gasteiger partial charge in [-0.2, -0.15) is 0 Å². The number of carbonyl (C=O) groups excluding carboxylic acids is 2. The van der Waals surface area contributed by atoms with E-state index in [9.17, 15) is 14.4 Å². The molecule has 0 heterocycles. The predicted octanol–water partition coefficient (Wildman–Crippen LogP) is 4.17. The standard InChI is InChI=1S/C26H32N2O5/c1-16(12-13-24(29)28-18(3)17(2)25(30)31)14-27-26(32)33-15-23-21-10-6-4-8-19(21)20-9-5-7-11-22(20)23/h4-11,16-18,23H,12-15H2,1-3H3,(H,27,32)(H,28,29)(H,30,31). The minimum absolute atomic E-state index is 0.0134. The Balaban J connectivity index is 1.41. The van der Waals surface area contributed by atoms with Crippen molar-refractivity contribution in [1.29, 1.82) is 0 Å². The van der Waals surface area contributed by atoms with Gasteiger partial charge in [-0.1, -0.05) is 55.5 Å². The number of hydrogen-bond donors (Lipinski definition) is 3. The van der Waals surface area contributed by atoms with Crippen LogP contribution in [0.3, 0.4) is 0 Å². The number of carboxylic acids is 1. The maximum absolute atomic E-state index is 12.3. The number of fused-ring (bicyclic) bond motifs is 3. The summed E-state index contributed by atoms with van der Waals surface area (Å²) in [4.78, 5) is 35.3. The molecule has 0 saturated heterocycles. The minimum atomic E-state index is -0.941. The molecule has 33 heavy (non-hydrogen) atoms. The molecule has 3 N–H and O–H groups in total. The lowest BCUT2D eigenvalue weighted by Crippen LogP contribution is -2.40. The highest BCUT2D eigenvalue weighted by Gasteiger charge is 2.29. The van der Waals surface area contributed by atoms with Gasteiger partial charge in [-0.05, 0) is 48.4 Å². The van der Waals surface area contributed by atoms with E-state index in [2.05, 4.69) is 34.9 Å². The Morgan fingerprint density at radius 3 is 2.12 bits per heavy atom. The molecule has 2 aromatic rings. The zero-order chi connectivity index (χ0) is 24.0. The van der Waals surface area contributed by atoms with Crippen molar-refractivity contribution >= 4 is 18.0 Å². The minimum Gasteiger partial charge on any atom is -0.481 e. The topological polar surface area (TPSA) is 105 Å². The van der Waals surface area contributed by atoms with Crippen molar-refractivity contribution in [2.45, 2.75) is 45.6 Å². The van der Waals surface area contributed by atoms with E-state index < -0.39 is 24.0 Å². The summed E-state index contributed by atoms with van der Waals surface area (Å²) >= 11 is 0. The fourth-order valence-corrected chi connectivity index (χ4v) is 4.05. The molecule has 3 rings (SSSR count). The van der Waals surface area contributed by atoms with Crippen LogP contribution in [0.1, 0.15) is 50.7 Å². The summed E-state index contributed by atoms with van der Waals surface area (Å²) in [5.41, 5.74) is 4.69. The highest BCUT2D eigenvalue weighted by Crippen LogP contribution is 2.44. The second-order valence-corrected chi connectivity index (χ2v) is 8.83. The lowest BCUT2D eigenvalue weighted by molar-refractivity contribution is -0.142. The Labute approximate surface area is 194 Å². The van der Waals surface area contributed by atoms with Crippen molar-refractivity contribution in [2.75, 3.05) is 13.2 Å². The molecule has 2 amide bonds. The number of rotatable bonds is 10. The molecular formula is C26H32N2O5. The monoisotopic (exact) mass is 452 g/mol. The Morgan fingerprint density at radius 2 is 1.55 bits per heavy atom. The van der Waals surface area contributed by atoms with Gasteiger partial charge < -0.3 is 20.5 Å². The first kappa shape index (κ1) is 24.3. The van der Waals surface area contributed by atoms with Crippen LogP contribution in [-0.2, 0) is 14.3 Å². The second kappa shape index (κ2) is 11.0. The Hall–Kier alpha value is -3.35. The van der Waals surface area contributed by atoms with Crippen LogP contribution in [-0.4, -0.2) is 42.3 Å². The Kier molecular flexibility index (Phi) is 8.09. The van der Waals surface area contributed by atoms with Crippen molar-refractivity contribution in [3.05, 3.63) is 59.7 Å². The van der Waals surface area contributed by atoms with Crippen molar-refractivity contribution in [3.8, 4) is 11.1 Å². The fourth-order valence-electron chi connectivity index (χ4n) is 4.05. The van der Waals surface area contributed by atoms with E-state index in [0.717, 1.165) is 11.1 Å². The van der Waals surface area contributed by atoms with Crippen LogP contribution in [0.2, 0.25) is 0 Å². The molecule has 0 saturated carbocycles. The molecule has 1 aliphatic carbocycles. The lowest BCUT2D eigenvalue weighted by Gasteiger charge is -2.19. The molecule has 0 spiro atoms. The van der Waals surface area contributed by atoms with Gasteiger partial charge in [0.1, 0.15) is 6.61 Å². The molecule has 0 aliphatic heterocycles. The van der Waals surface area contributed by atoms with E-state index in [1.54, 1.807) is 13.8 Å². The number of amides is 2. The number of carboxylic acid groups (broad SMARTS) is 1. The van der Waals surface area contributed by atoms with Gasteiger partial charge in [0.2, 0.25) is 5.91 Å². The quantitative estimate of drug-likeness (QED) is 0.502. The average Bonchev–Trinajstić information content (AvgIpc) is 3.13. The normalized spacial score (nSPS) is 15.0. The largest absolute Gasteiger partial charge is 0.481 e. The summed E-state index contributed by atoms with van der Waals surface area (Å²) in [6, 6.07) is 15.9. The molecule has 3 atom stereocenters. The highest BCUT2D eigenvalue weighted by molar-refractivity contribution is 5.79. The summed E-state index contributed by atoms with van der Waals surface area (Å²) in [6.07, 6.45) is 0.366. The summed E-state index contributed by atoms with van der Waals surface area (Å²) in [6.45, 7) is 5.84. The number of alkyl carbamates (subject to hydrolysis) is 1. The van der Waals surface area contributed by atoms with Gasteiger partial charge in [0, 0.05) is 24.9 Å². The van der Waals surface area contributed by atoms with Crippen LogP contribution < -0.4 is 10.6 Å². The molecule has 7 heteroatoms. The summed E-state index contributed by atoms with van der Waals surface area (Å²) in [5, 5.41) is 14.5. The molecule has 0 fully saturated rings. The van der Waals surface area contributed by atoms with E-state index in [0.29, 0.717) is 13.0 Å². The van der Waals surface area contributed by atoms with Crippen LogP contribution >= 0.6 is 0 Å². The number of aliphatic carboxylic acids is 1. The van der Waals surface area contributed by atoms with E-state index in [-0.39, 0.29) is 30.8 Å². The van der Waals surface area contributed by atoms with Crippen LogP contribution in [0.4, 0.5) is 4.79 Å². The first-order valence-electron chi connectivity index (χ1n) is 11.4. The number of hydrogen-bond acceptors (Lipinski definition) is 4. The van der Waals surface area contributed by atoms with Crippen LogP contribution in [0.5, 0.6) is 0 Å². The zero-order valence-electron chi connectivity index (χ0n) is 19.3. The second-order valence-electron chi connectivity index (χ2n) is 8.83. The number of ether oxygens (including phenoxy) is 1. The van der Waals surface area contributed by atoms with Crippen molar-refractivity contribution < 1.29 is 24.2 Å². The third-order valence-electron chi connectivity index (χ3n) is 6.33. The van der Waals surface area contributed by atoms with Gasteiger partial charge in [-0.15, -0.1) is 0 Å². The van der Waals surface area contributed by atoms with Crippen molar-refractivity contribution in [2.24, 2.45) is 11.8 Å². The van der Waals surface area contributed by atoms with E-state index in [1.165, 1.54) is 11.1 Å². The lowest BCUT2D eigenvalue weighted by atomic mass is 9.98. The van der Waals surface area contributed by atoms with Crippen LogP contribution in [0, 0.1) is 11.8 Å². The molecule has 0 radical (unpaired) electrons. The van der Waals surface area contributed by atoms with E-state index >= 15 is 0 Å². The van der Waals surface area contributed by atoms with Crippen molar-refractivity contribution in [1.82, 2.24) is 10.6 Å². The molecular weight excluding hydrogens is 420 g/mol. The van der Waals surface area contributed by atoms with Gasteiger partial charge in [0.05, 0.1) is 5.92 Å². The maximum Gasteiger partial charge on any atom is 0.407 e. The highest BCUT2D eigenvalue weighted by atomic mass is 16.5. The van der Waals surface area contributed by atoms with Gasteiger partial charge >= 0.3 is 12.1 Å². The molecule has 7 nitrogen and oxygen atoms in total. The zero-order valence-corrected chi connectivity index (χ0v) is 19.3. The first-order valence-corrected chi connectivity index (χ1v) is 11.4. The average molecular weight is 453 g/mol. The molecule has 176 valence electrons. The van der Waals surface area contributed by atoms with Crippen LogP contribution in [0.15, 0.2) is 48.5 Å². The third-order valence-corrected chi connectivity index (χ3v) is 6.33. The third kappa shape index (κ3) is 6.12. The number of benzene rings is 2. The van der Waals surface area contributed by atoms with Gasteiger partial charge in [-0.25, -0.2) is 4.79 Å². The van der Waals surface area contributed by atoms with Gasteiger partial charge in [-0.3, -0.25) is 9.59 Å². The van der Waals surface area contributed by atoms with Crippen LogP contribution in [0.25, 0.3) is 11.1 Å². The molecule has 0 aromatic heterocycles. The fraction of sp³-hybridized carbons (Fsp3) is 0.423. The van der Waals surface area contributed by atoms with E-state index in [1.807, 2.05) is 31.2 Å². The number of nitrogens with one attached hydrogen (secondary N) is 2. The first-order chi connectivity index (χ1) is 15.8. The smallest absolute Gasteiger partial charge is 0.407 e. The number of carbonyl (C=O) groups is 3. The molecule has 2 aromatic carbocycles. The SMILES string of the molecule is CC(CCC(=O)NC(C)C(C)C(=O)O)CNC(=O)OCC1c2ccccc2-c2ccccc21. The molecule has 3 unspecified atom stereocenters. The molecule has 0 bridgehead atoms. The summed E-state index contributed by atoms with van der Waals surface area (Å²) < 4.78 is 5.53. The van der Waals surface area contributed by atoms with Crippen molar-refractivity contribution in [3.63, 3.8) is 0 Å². The Morgan fingerprint density at radius 1 is 0.970 bits per heavy atom.